The maximum Gasteiger partial charge on any atom is 0.314 e. The van der Waals surface area contributed by atoms with Gasteiger partial charge in [0.2, 0.25) is 11.8 Å². The van der Waals surface area contributed by atoms with Gasteiger partial charge in [-0.3, -0.25) is 19.5 Å². The van der Waals surface area contributed by atoms with Gasteiger partial charge in [0.1, 0.15) is 0 Å². The first-order valence-corrected chi connectivity index (χ1v) is 12.6. The van der Waals surface area contributed by atoms with Crippen molar-refractivity contribution in [2.24, 2.45) is 0 Å². The summed E-state index contributed by atoms with van der Waals surface area (Å²) in [7, 11) is 4.21. The largest absolute Gasteiger partial charge is 0.415 e. The Bertz CT molecular complexity index is 1350. The minimum absolute atomic E-state index is 0.0211. The van der Waals surface area contributed by atoms with Crippen LogP contribution in [0.1, 0.15) is 60.6 Å². The van der Waals surface area contributed by atoms with E-state index in [9.17, 15) is 18.4 Å². The van der Waals surface area contributed by atoms with Crippen LogP contribution in [0, 0.1) is 0 Å². The number of pyridine rings is 1. The van der Waals surface area contributed by atoms with Crippen LogP contribution in [0.15, 0.2) is 40.9 Å². The smallest absolute Gasteiger partial charge is 0.314 e. The number of alkyl halides is 2. The number of hydrogen-bond donors (Lipinski definition) is 0. The van der Waals surface area contributed by atoms with Gasteiger partial charge in [-0.2, -0.15) is 8.78 Å². The van der Waals surface area contributed by atoms with Gasteiger partial charge in [-0.15, -0.1) is 10.2 Å². The van der Waals surface area contributed by atoms with Gasteiger partial charge in [0.05, 0.1) is 23.2 Å². The molecule has 0 N–H and O–H groups in total. The second-order valence-corrected chi connectivity index (χ2v) is 10.5. The van der Waals surface area contributed by atoms with Crippen LogP contribution in [0.2, 0.25) is 0 Å². The predicted molar refractivity (Wildman–Crippen MR) is 136 cm³/mol. The number of anilines is 1. The van der Waals surface area contributed by atoms with Crippen LogP contribution in [0.25, 0.3) is 11.5 Å². The van der Waals surface area contributed by atoms with Crippen molar-refractivity contribution in [3.05, 3.63) is 59.2 Å². The molecule has 1 fully saturated rings. The second kappa shape index (κ2) is 9.86. The Balaban J connectivity index is 1.35. The van der Waals surface area contributed by atoms with Crippen molar-refractivity contribution in [3.8, 4) is 11.5 Å². The minimum Gasteiger partial charge on any atom is -0.415 e. The Morgan fingerprint density at radius 1 is 1.11 bits per heavy atom. The molecule has 1 aromatic carbocycles. The molecule has 2 aliphatic heterocycles. The third-order valence-electron chi connectivity index (χ3n) is 7.51. The molecule has 0 bridgehead atoms. The van der Waals surface area contributed by atoms with E-state index < -0.39 is 17.7 Å². The van der Waals surface area contributed by atoms with Gasteiger partial charge in [-0.25, -0.2) is 0 Å². The molecule has 0 aliphatic carbocycles. The highest BCUT2D eigenvalue weighted by atomic mass is 19.3. The lowest BCUT2D eigenvalue weighted by molar-refractivity contribution is -0.134. The van der Waals surface area contributed by atoms with Crippen molar-refractivity contribution < 1.29 is 22.8 Å². The first-order chi connectivity index (χ1) is 18.1. The summed E-state index contributed by atoms with van der Waals surface area (Å²) in [5.41, 5.74) is 2.17. The molecule has 200 valence electrons. The molecular formula is C27H30F2N6O3. The molecule has 9 nitrogen and oxygen atoms in total. The number of halogens is 2. The van der Waals surface area contributed by atoms with E-state index in [4.69, 9.17) is 4.42 Å². The Hall–Kier alpha value is -3.73. The van der Waals surface area contributed by atoms with E-state index in [0.717, 1.165) is 37.2 Å². The van der Waals surface area contributed by atoms with Gasteiger partial charge in [-0.05, 0) is 76.7 Å². The SMILES string of the molecule is CN(C)C1CCN(c2ccc3c(c2)C(C)(C)C(=O)N(Cc2ccc(-c4nnc(C(F)F)o4)cn2)C3=O)CC1. The van der Waals surface area contributed by atoms with Gasteiger partial charge in [-0.1, -0.05) is 0 Å². The molecule has 4 heterocycles. The van der Waals surface area contributed by atoms with Crippen LogP contribution in [-0.2, 0) is 16.8 Å². The van der Waals surface area contributed by atoms with E-state index >= 15 is 0 Å². The zero-order valence-electron chi connectivity index (χ0n) is 21.8. The number of rotatable bonds is 6. The van der Waals surface area contributed by atoms with Crippen LogP contribution < -0.4 is 4.90 Å². The van der Waals surface area contributed by atoms with Gasteiger partial charge in [0.25, 0.3) is 11.8 Å². The minimum atomic E-state index is -2.86. The summed E-state index contributed by atoms with van der Waals surface area (Å²) in [5.74, 6) is -1.52. The summed E-state index contributed by atoms with van der Waals surface area (Å²) >= 11 is 0. The first-order valence-electron chi connectivity index (χ1n) is 12.6. The molecule has 38 heavy (non-hydrogen) atoms. The summed E-state index contributed by atoms with van der Waals surface area (Å²) in [4.78, 5) is 37.1. The molecule has 2 amide bonds. The van der Waals surface area contributed by atoms with Crippen LogP contribution >= 0.6 is 0 Å². The average Bonchev–Trinajstić information content (AvgIpc) is 3.41. The third-order valence-corrected chi connectivity index (χ3v) is 7.51. The lowest BCUT2D eigenvalue weighted by Crippen LogP contribution is -2.51. The summed E-state index contributed by atoms with van der Waals surface area (Å²) in [5, 5.41) is 6.93. The normalized spacial score (nSPS) is 18.0. The van der Waals surface area contributed by atoms with E-state index in [1.165, 1.54) is 11.1 Å². The van der Waals surface area contributed by atoms with E-state index in [0.29, 0.717) is 22.9 Å². The van der Waals surface area contributed by atoms with Gasteiger partial charge in [0, 0.05) is 36.6 Å². The Kier molecular flexibility index (Phi) is 6.72. The van der Waals surface area contributed by atoms with E-state index in [2.05, 4.69) is 39.1 Å². The maximum absolute atomic E-state index is 13.5. The quantitative estimate of drug-likeness (QED) is 0.446. The average molecular weight is 525 g/mol. The van der Waals surface area contributed by atoms with Gasteiger partial charge in [0.15, 0.2) is 0 Å². The molecule has 5 rings (SSSR count). The standard InChI is InChI=1S/C27H30F2N6O3/c1-27(2)21-13-19(34-11-9-18(10-12-34)33(3)4)7-8-20(21)25(36)35(26(27)37)15-17-6-5-16(14-30-17)23-31-32-24(38-23)22(28)29/h5-8,13-14,18,22H,9-12,15H2,1-4H3. The second-order valence-electron chi connectivity index (χ2n) is 10.5. The summed E-state index contributed by atoms with van der Waals surface area (Å²) in [6.45, 7) is 5.49. The van der Waals surface area contributed by atoms with Crippen molar-refractivity contribution in [2.75, 3.05) is 32.1 Å². The van der Waals surface area contributed by atoms with Gasteiger partial charge >= 0.3 is 6.43 Å². The molecule has 0 saturated carbocycles. The molecule has 1 saturated heterocycles. The number of carbonyl (C=O) groups is 2. The fraction of sp³-hybridized carbons (Fsp3) is 0.444. The van der Waals surface area contributed by atoms with Crippen LogP contribution in [-0.4, -0.2) is 70.0 Å². The third kappa shape index (κ3) is 4.66. The van der Waals surface area contributed by atoms with Crippen molar-refractivity contribution in [1.82, 2.24) is 25.0 Å². The van der Waals surface area contributed by atoms with Crippen molar-refractivity contribution >= 4 is 17.5 Å². The Morgan fingerprint density at radius 3 is 2.45 bits per heavy atom. The van der Waals surface area contributed by atoms with Gasteiger partial charge < -0.3 is 14.2 Å². The lowest BCUT2D eigenvalue weighted by Gasteiger charge is -2.40. The molecule has 3 aromatic rings. The number of amides is 2. The van der Waals surface area contributed by atoms with E-state index in [1.807, 2.05) is 32.0 Å². The molecule has 0 unspecified atom stereocenters. The first kappa shape index (κ1) is 25.9. The van der Waals surface area contributed by atoms with Crippen molar-refractivity contribution in [1.29, 1.82) is 0 Å². The van der Waals surface area contributed by atoms with Crippen LogP contribution in [0.4, 0.5) is 14.5 Å². The van der Waals surface area contributed by atoms with Crippen LogP contribution in [0.3, 0.4) is 0 Å². The molecule has 2 aliphatic rings. The van der Waals surface area contributed by atoms with Crippen LogP contribution in [0.5, 0.6) is 0 Å². The monoisotopic (exact) mass is 524 g/mol. The molecule has 2 aromatic heterocycles. The predicted octanol–water partition coefficient (Wildman–Crippen LogP) is 4.06. The highest BCUT2D eigenvalue weighted by Gasteiger charge is 2.44. The number of fused-ring (bicyclic) bond motifs is 1. The highest BCUT2D eigenvalue weighted by Crippen LogP contribution is 2.38. The Morgan fingerprint density at radius 2 is 1.84 bits per heavy atom. The number of carbonyl (C=O) groups excluding carboxylic acids is 2. The number of hydrogen-bond acceptors (Lipinski definition) is 8. The molecular weight excluding hydrogens is 494 g/mol. The van der Waals surface area contributed by atoms with E-state index in [1.54, 1.807) is 12.1 Å². The topological polar surface area (TPSA) is 95.7 Å². The fourth-order valence-corrected chi connectivity index (χ4v) is 5.15. The lowest BCUT2D eigenvalue weighted by atomic mass is 9.77. The summed E-state index contributed by atoms with van der Waals surface area (Å²) in [6, 6.07) is 9.51. The molecule has 11 heteroatoms. The number of nitrogens with zero attached hydrogens (tertiary/aromatic N) is 6. The molecule has 0 radical (unpaired) electrons. The number of imide groups is 1. The van der Waals surface area contributed by atoms with E-state index in [-0.39, 0.29) is 24.2 Å². The fourth-order valence-electron chi connectivity index (χ4n) is 5.15. The zero-order chi connectivity index (χ0) is 27.2. The zero-order valence-corrected chi connectivity index (χ0v) is 21.8. The highest BCUT2D eigenvalue weighted by molar-refractivity contribution is 6.13. The maximum atomic E-state index is 13.5. The molecule has 0 spiro atoms. The molecule has 0 atom stereocenters. The Labute approximate surface area is 219 Å². The summed E-state index contributed by atoms with van der Waals surface area (Å²) < 4.78 is 30.4. The number of aromatic nitrogens is 3. The van der Waals surface area contributed by atoms with Crippen molar-refractivity contribution in [2.45, 2.75) is 51.1 Å². The van der Waals surface area contributed by atoms with Crippen molar-refractivity contribution in [3.63, 3.8) is 0 Å². The number of piperidine rings is 1. The summed E-state index contributed by atoms with van der Waals surface area (Å²) in [6.07, 6.45) is 0.648. The number of benzene rings is 1.